The Morgan fingerprint density at radius 1 is 1.19 bits per heavy atom. The predicted octanol–water partition coefficient (Wildman–Crippen LogP) is 5.65. The molecule has 1 fully saturated rings. The molecule has 3 aromatic rings. The lowest BCUT2D eigenvalue weighted by Crippen LogP contribution is -2.28. The summed E-state index contributed by atoms with van der Waals surface area (Å²) in [4.78, 5) is 24.0. The minimum absolute atomic E-state index is 0.0498. The lowest BCUT2D eigenvalue weighted by atomic mass is 10.2. The van der Waals surface area contributed by atoms with Crippen LogP contribution in [0.2, 0.25) is 5.15 Å². The zero-order chi connectivity index (χ0) is 21.8. The van der Waals surface area contributed by atoms with Gasteiger partial charge in [0.1, 0.15) is 5.69 Å². The Bertz CT molecular complexity index is 1180. The van der Waals surface area contributed by atoms with Crippen LogP contribution in [0, 0.1) is 0 Å². The number of hydrogen-bond donors (Lipinski definition) is 1. The maximum atomic E-state index is 13.3. The number of thioether (sulfide) groups is 1. The van der Waals surface area contributed by atoms with Gasteiger partial charge in [-0.2, -0.15) is 0 Å². The van der Waals surface area contributed by atoms with Crippen LogP contribution < -0.4 is 9.64 Å². The lowest BCUT2D eigenvalue weighted by Gasteiger charge is -2.15. The number of carbonyl (C=O) groups excluding carboxylic acids is 1. The molecule has 2 heterocycles. The first kappa shape index (κ1) is 21.0. The third kappa shape index (κ3) is 4.57. The SMILES string of the molecule is CCOc1cc(/C=C2\SC(=Nc3cccnc3Cl)N(c3ccccc3)C2=O)ccc1O. The highest BCUT2D eigenvalue weighted by molar-refractivity contribution is 8.19. The number of amidine groups is 1. The monoisotopic (exact) mass is 451 g/mol. The van der Waals surface area contributed by atoms with Crippen molar-refractivity contribution in [1.82, 2.24) is 4.98 Å². The largest absolute Gasteiger partial charge is 0.504 e. The number of rotatable bonds is 5. The molecule has 1 aliphatic heterocycles. The second kappa shape index (κ2) is 9.24. The summed E-state index contributed by atoms with van der Waals surface area (Å²) in [6.07, 6.45) is 3.33. The third-order valence-electron chi connectivity index (χ3n) is 4.36. The van der Waals surface area contributed by atoms with E-state index in [2.05, 4.69) is 9.98 Å². The summed E-state index contributed by atoms with van der Waals surface area (Å²) in [6, 6.07) is 17.7. The smallest absolute Gasteiger partial charge is 0.271 e. The molecular weight excluding hydrogens is 434 g/mol. The van der Waals surface area contributed by atoms with E-state index in [0.717, 1.165) is 5.56 Å². The molecule has 1 saturated heterocycles. The van der Waals surface area contributed by atoms with Crippen molar-refractivity contribution in [3.63, 3.8) is 0 Å². The van der Waals surface area contributed by atoms with Crippen molar-refractivity contribution in [2.24, 2.45) is 4.99 Å². The summed E-state index contributed by atoms with van der Waals surface area (Å²) < 4.78 is 5.45. The van der Waals surface area contributed by atoms with E-state index in [1.807, 2.05) is 37.3 Å². The lowest BCUT2D eigenvalue weighted by molar-refractivity contribution is -0.113. The van der Waals surface area contributed by atoms with Crippen LogP contribution in [-0.4, -0.2) is 27.8 Å². The molecule has 0 bridgehead atoms. The zero-order valence-corrected chi connectivity index (χ0v) is 18.1. The van der Waals surface area contributed by atoms with Crippen LogP contribution in [0.15, 0.2) is 76.8 Å². The number of para-hydroxylation sites is 1. The molecule has 156 valence electrons. The molecule has 0 unspecified atom stereocenters. The normalized spacial score (nSPS) is 16.3. The van der Waals surface area contributed by atoms with Gasteiger partial charge in [0.15, 0.2) is 21.8 Å². The highest BCUT2D eigenvalue weighted by Gasteiger charge is 2.34. The fraction of sp³-hybridized carbons (Fsp3) is 0.0870. The third-order valence-corrected chi connectivity index (χ3v) is 5.62. The zero-order valence-electron chi connectivity index (χ0n) is 16.5. The Hall–Kier alpha value is -3.29. The summed E-state index contributed by atoms with van der Waals surface area (Å²) in [5.74, 6) is 0.207. The molecular formula is C23H18ClN3O3S. The second-order valence-electron chi connectivity index (χ2n) is 6.45. The van der Waals surface area contributed by atoms with E-state index in [4.69, 9.17) is 16.3 Å². The fourth-order valence-corrected chi connectivity index (χ4v) is 4.12. The maximum absolute atomic E-state index is 13.3. The van der Waals surface area contributed by atoms with Gasteiger partial charge in [0, 0.05) is 6.20 Å². The summed E-state index contributed by atoms with van der Waals surface area (Å²) in [5.41, 5.74) is 1.90. The molecule has 8 heteroatoms. The molecule has 2 aromatic carbocycles. The van der Waals surface area contributed by atoms with Crippen LogP contribution in [0.5, 0.6) is 11.5 Å². The van der Waals surface area contributed by atoms with E-state index in [0.29, 0.717) is 33.8 Å². The topological polar surface area (TPSA) is 75.0 Å². The average Bonchev–Trinajstić information content (AvgIpc) is 3.07. The van der Waals surface area contributed by atoms with Crippen molar-refractivity contribution >= 4 is 51.9 Å². The first-order chi connectivity index (χ1) is 15.1. The molecule has 1 aromatic heterocycles. The van der Waals surface area contributed by atoms with Crippen molar-refractivity contribution < 1.29 is 14.6 Å². The van der Waals surface area contributed by atoms with Crippen LogP contribution in [0.3, 0.4) is 0 Å². The molecule has 6 nitrogen and oxygen atoms in total. The number of aromatic nitrogens is 1. The minimum atomic E-state index is -0.207. The van der Waals surface area contributed by atoms with Crippen LogP contribution >= 0.6 is 23.4 Å². The van der Waals surface area contributed by atoms with Crippen molar-refractivity contribution in [1.29, 1.82) is 0 Å². The summed E-state index contributed by atoms with van der Waals surface area (Å²) >= 11 is 7.42. The number of aliphatic imine (C=N–C) groups is 1. The number of nitrogens with zero attached hydrogens (tertiary/aromatic N) is 3. The van der Waals surface area contributed by atoms with Gasteiger partial charge in [-0.1, -0.05) is 35.9 Å². The number of halogens is 1. The van der Waals surface area contributed by atoms with Gasteiger partial charge in [-0.05, 0) is 66.7 Å². The number of benzene rings is 2. The van der Waals surface area contributed by atoms with Crippen LogP contribution in [0.25, 0.3) is 6.08 Å². The maximum Gasteiger partial charge on any atom is 0.271 e. The summed E-state index contributed by atoms with van der Waals surface area (Å²) in [6.45, 7) is 2.26. The molecule has 0 spiro atoms. The molecule has 0 saturated carbocycles. The van der Waals surface area contributed by atoms with Crippen molar-refractivity contribution in [3.8, 4) is 11.5 Å². The van der Waals surface area contributed by atoms with Gasteiger partial charge < -0.3 is 9.84 Å². The van der Waals surface area contributed by atoms with E-state index in [1.165, 1.54) is 11.8 Å². The Labute approximate surface area is 188 Å². The second-order valence-corrected chi connectivity index (χ2v) is 7.82. The number of hydrogen-bond acceptors (Lipinski definition) is 6. The van der Waals surface area contributed by atoms with Gasteiger partial charge in [-0.25, -0.2) is 9.98 Å². The van der Waals surface area contributed by atoms with Gasteiger partial charge in [0.25, 0.3) is 5.91 Å². The Kier molecular flexibility index (Phi) is 6.25. The van der Waals surface area contributed by atoms with Crippen LogP contribution in [0.4, 0.5) is 11.4 Å². The number of pyridine rings is 1. The van der Waals surface area contributed by atoms with E-state index in [-0.39, 0.29) is 16.8 Å². The van der Waals surface area contributed by atoms with Crippen LogP contribution in [-0.2, 0) is 4.79 Å². The summed E-state index contributed by atoms with van der Waals surface area (Å²) in [5, 5.41) is 10.7. The van der Waals surface area contributed by atoms with Gasteiger partial charge in [0.05, 0.1) is 17.2 Å². The first-order valence-electron chi connectivity index (χ1n) is 9.51. The number of anilines is 1. The Morgan fingerprint density at radius 2 is 2.00 bits per heavy atom. The van der Waals surface area contributed by atoms with E-state index < -0.39 is 0 Å². The van der Waals surface area contributed by atoms with Gasteiger partial charge in [-0.15, -0.1) is 0 Å². The molecule has 1 N–H and O–H groups in total. The van der Waals surface area contributed by atoms with Crippen molar-refractivity contribution in [2.75, 3.05) is 11.5 Å². The Morgan fingerprint density at radius 3 is 2.74 bits per heavy atom. The highest BCUT2D eigenvalue weighted by atomic mass is 35.5. The average molecular weight is 452 g/mol. The number of phenols is 1. The molecule has 31 heavy (non-hydrogen) atoms. The number of carbonyl (C=O) groups is 1. The van der Waals surface area contributed by atoms with Crippen molar-refractivity contribution in [3.05, 3.63) is 82.5 Å². The van der Waals surface area contributed by atoms with E-state index in [1.54, 1.807) is 47.5 Å². The number of aromatic hydroxyl groups is 1. The van der Waals surface area contributed by atoms with E-state index in [9.17, 15) is 9.90 Å². The highest BCUT2D eigenvalue weighted by Crippen LogP contribution is 2.38. The van der Waals surface area contributed by atoms with Gasteiger partial charge in [0.2, 0.25) is 0 Å². The number of ether oxygens (including phenoxy) is 1. The molecule has 0 aliphatic carbocycles. The summed E-state index contributed by atoms with van der Waals surface area (Å²) in [7, 11) is 0. The molecule has 0 radical (unpaired) electrons. The van der Waals surface area contributed by atoms with E-state index >= 15 is 0 Å². The van der Waals surface area contributed by atoms with Crippen molar-refractivity contribution in [2.45, 2.75) is 6.92 Å². The Balaban J connectivity index is 1.76. The minimum Gasteiger partial charge on any atom is -0.504 e. The van der Waals surface area contributed by atoms with Crippen LogP contribution in [0.1, 0.15) is 12.5 Å². The standard InChI is InChI=1S/C23H18ClN3O3S/c1-2-30-19-13-15(10-11-18(19)28)14-20-22(29)27(16-7-4-3-5-8-16)23(31-20)26-17-9-6-12-25-21(17)24/h3-14,28H,2H2,1H3/b20-14-,26-23?. The fourth-order valence-electron chi connectivity index (χ4n) is 2.96. The molecule has 0 atom stereocenters. The van der Waals surface area contributed by atoms with Gasteiger partial charge >= 0.3 is 0 Å². The number of amides is 1. The van der Waals surface area contributed by atoms with Gasteiger partial charge in [-0.3, -0.25) is 9.69 Å². The molecule has 1 aliphatic rings. The number of phenolic OH excluding ortho intramolecular Hbond substituents is 1. The predicted molar refractivity (Wildman–Crippen MR) is 125 cm³/mol. The first-order valence-corrected chi connectivity index (χ1v) is 10.7. The molecule has 1 amide bonds. The quantitative estimate of drug-likeness (QED) is 0.401. The molecule has 4 rings (SSSR count).